The Labute approximate surface area is 105 Å². The van der Waals surface area contributed by atoms with E-state index in [1.165, 1.54) is 18.2 Å². The van der Waals surface area contributed by atoms with Crippen molar-refractivity contribution >= 4 is 34.7 Å². The fourth-order valence-corrected chi connectivity index (χ4v) is 2.29. The maximum atomic E-state index is 13.6. The zero-order valence-corrected chi connectivity index (χ0v) is 9.98. The van der Waals surface area contributed by atoms with Crippen molar-refractivity contribution in [3.63, 3.8) is 0 Å². The molecule has 1 amide bonds. The van der Waals surface area contributed by atoms with Crippen LogP contribution in [-0.4, -0.2) is 10.3 Å². The van der Waals surface area contributed by atoms with Crippen LogP contribution in [0.4, 0.5) is 10.1 Å². The largest absolute Gasteiger partial charge is 0.396 e. The van der Waals surface area contributed by atoms with Crippen LogP contribution in [0.3, 0.4) is 0 Å². The zero-order chi connectivity index (χ0) is 12.6. The van der Waals surface area contributed by atoms with E-state index >= 15 is 0 Å². The lowest BCUT2D eigenvalue weighted by Gasteiger charge is -2.03. The molecule has 0 saturated heterocycles. The van der Waals surface area contributed by atoms with Crippen LogP contribution < -0.4 is 11.5 Å². The van der Waals surface area contributed by atoms with Gasteiger partial charge in [0.1, 0.15) is 16.4 Å². The van der Waals surface area contributed by atoms with Crippen LogP contribution in [0.1, 0.15) is 9.67 Å². The summed E-state index contributed by atoms with van der Waals surface area (Å²) in [5, 5.41) is 0.179. The predicted octanol–water partition coefficient (Wildman–Crippen LogP) is 2.28. The van der Waals surface area contributed by atoms with E-state index in [2.05, 4.69) is 4.37 Å². The van der Waals surface area contributed by atoms with E-state index < -0.39 is 11.7 Å². The molecule has 7 heteroatoms. The molecule has 0 unspecified atom stereocenters. The summed E-state index contributed by atoms with van der Waals surface area (Å²) in [4.78, 5) is 11.1. The average molecular weight is 272 g/mol. The van der Waals surface area contributed by atoms with Gasteiger partial charge in [0.15, 0.2) is 0 Å². The van der Waals surface area contributed by atoms with E-state index in [1.54, 1.807) is 0 Å². The first-order valence-electron chi connectivity index (χ1n) is 4.51. The van der Waals surface area contributed by atoms with Crippen LogP contribution in [0.5, 0.6) is 0 Å². The van der Waals surface area contributed by atoms with Gasteiger partial charge in [-0.1, -0.05) is 17.7 Å². The Morgan fingerprint density at radius 2 is 2.18 bits per heavy atom. The van der Waals surface area contributed by atoms with Gasteiger partial charge in [-0.3, -0.25) is 4.79 Å². The molecule has 0 aliphatic rings. The molecule has 1 heterocycles. The first-order chi connectivity index (χ1) is 8.02. The Balaban J connectivity index is 2.66. The van der Waals surface area contributed by atoms with Crippen LogP contribution in [0, 0.1) is 5.82 Å². The fraction of sp³-hybridized carbons (Fsp3) is 0. The molecular weight excluding hydrogens is 265 g/mol. The molecule has 0 aliphatic heterocycles. The number of carbonyl (C=O) groups excluding carboxylic acids is 1. The Kier molecular flexibility index (Phi) is 2.99. The monoisotopic (exact) mass is 271 g/mol. The number of aromatic nitrogens is 1. The third-order valence-electron chi connectivity index (χ3n) is 2.15. The minimum atomic E-state index is -0.696. The SMILES string of the molecule is NC(=O)c1snc(-c2c(F)cccc2Cl)c1N. The maximum absolute atomic E-state index is 13.6. The van der Waals surface area contributed by atoms with Gasteiger partial charge < -0.3 is 11.5 Å². The predicted molar refractivity (Wildman–Crippen MR) is 65.4 cm³/mol. The average Bonchev–Trinajstić information content (AvgIpc) is 2.61. The van der Waals surface area contributed by atoms with E-state index in [0.29, 0.717) is 0 Å². The van der Waals surface area contributed by atoms with Crippen molar-refractivity contribution in [2.75, 3.05) is 5.73 Å². The molecule has 17 heavy (non-hydrogen) atoms. The van der Waals surface area contributed by atoms with Crippen molar-refractivity contribution in [2.45, 2.75) is 0 Å². The molecule has 1 aromatic heterocycles. The first-order valence-corrected chi connectivity index (χ1v) is 5.67. The number of primary amides is 1. The second-order valence-corrected chi connectivity index (χ2v) is 4.42. The van der Waals surface area contributed by atoms with Crippen molar-refractivity contribution in [2.24, 2.45) is 5.73 Å². The van der Waals surface area contributed by atoms with Gasteiger partial charge in [-0.2, -0.15) is 4.37 Å². The summed E-state index contributed by atoms with van der Waals surface area (Å²) in [5.74, 6) is -1.25. The molecule has 0 spiro atoms. The molecule has 2 aromatic rings. The molecule has 88 valence electrons. The minimum absolute atomic E-state index is 0.0505. The molecule has 4 nitrogen and oxygen atoms in total. The molecule has 0 bridgehead atoms. The topological polar surface area (TPSA) is 82.0 Å². The van der Waals surface area contributed by atoms with E-state index in [4.69, 9.17) is 23.1 Å². The zero-order valence-electron chi connectivity index (χ0n) is 8.41. The van der Waals surface area contributed by atoms with Crippen molar-refractivity contribution < 1.29 is 9.18 Å². The highest BCUT2D eigenvalue weighted by atomic mass is 35.5. The number of hydrogen-bond acceptors (Lipinski definition) is 4. The van der Waals surface area contributed by atoms with Gasteiger partial charge in [-0.15, -0.1) is 0 Å². The van der Waals surface area contributed by atoms with Gasteiger partial charge >= 0.3 is 0 Å². The van der Waals surface area contributed by atoms with E-state index in [-0.39, 0.29) is 26.8 Å². The Morgan fingerprint density at radius 1 is 1.47 bits per heavy atom. The van der Waals surface area contributed by atoms with Gasteiger partial charge in [0.05, 0.1) is 16.3 Å². The summed E-state index contributed by atoms with van der Waals surface area (Å²) >= 11 is 6.70. The molecule has 0 atom stereocenters. The Bertz CT molecular complexity index is 579. The maximum Gasteiger partial charge on any atom is 0.262 e. The van der Waals surface area contributed by atoms with Gasteiger partial charge in [0.25, 0.3) is 5.91 Å². The number of rotatable bonds is 2. The van der Waals surface area contributed by atoms with E-state index in [1.807, 2.05) is 0 Å². The lowest BCUT2D eigenvalue weighted by molar-refractivity contribution is 0.100. The van der Waals surface area contributed by atoms with E-state index in [9.17, 15) is 9.18 Å². The van der Waals surface area contributed by atoms with Gasteiger partial charge in [0.2, 0.25) is 0 Å². The lowest BCUT2D eigenvalue weighted by Crippen LogP contribution is -2.11. The van der Waals surface area contributed by atoms with Crippen LogP contribution in [0.25, 0.3) is 11.3 Å². The van der Waals surface area contributed by atoms with Gasteiger partial charge in [0, 0.05) is 0 Å². The number of carbonyl (C=O) groups is 1. The number of amides is 1. The summed E-state index contributed by atoms with van der Waals surface area (Å²) < 4.78 is 17.6. The first kappa shape index (κ1) is 11.8. The molecule has 2 rings (SSSR count). The number of nitrogen functional groups attached to an aromatic ring is 1. The van der Waals surface area contributed by atoms with Crippen molar-refractivity contribution in [1.82, 2.24) is 4.37 Å². The van der Waals surface area contributed by atoms with Crippen molar-refractivity contribution in [3.8, 4) is 11.3 Å². The molecule has 0 fully saturated rings. The number of benzene rings is 1. The van der Waals surface area contributed by atoms with Gasteiger partial charge in [-0.25, -0.2) is 4.39 Å². The Hall–Kier alpha value is -1.66. The Morgan fingerprint density at radius 3 is 2.71 bits per heavy atom. The molecular formula is C10H7ClFN3OS. The number of halogens is 2. The third kappa shape index (κ3) is 1.96. The second-order valence-electron chi connectivity index (χ2n) is 3.23. The molecule has 4 N–H and O–H groups in total. The van der Waals surface area contributed by atoms with Crippen LogP contribution in [0.15, 0.2) is 18.2 Å². The number of hydrogen-bond donors (Lipinski definition) is 2. The number of nitrogens with two attached hydrogens (primary N) is 2. The second kappa shape index (κ2) is 4.31. The molecule has 0 saturated carbocycles. The minimum Gasteiger partial charge on any atom is -0.396 e. The van der Waals surface area contributed by atoms with Crippen molar-refractivity contribution in [3.05, 3.63) is 33.9 Å². The molecule has 0 aliphatic carbocycles. The standard InChI is InChI=1S/C10H7ClFN3OS/c11-4-2-1-3-5(12)6(4)8-7(13)9(10(14)16)17-15-8/h1-3H,13H2,(H2,14,16). The lowest BCUT2D eigenvalue weighted by atomic mass is 10.1. The smallest absolute Gasteiger partial charge is 0.262 e. The van der Waals surface area contributed by atoms with Crippen LogP contribution in [0.2, 0.25) is 5.02 Å². The van der Waals surface area contributed by atoms with E-state index in [0.717, 1.165) is 11.5 Å². The summed E-state index contributed by atoms with van der Waals surface area (Å²) in [6, 6.07) is 4.23. The summed E-state index contributed by atoms with van der Waals surface area (Å²) in [6.07, 6.45) is 0. The highest BCUT2D eigenvalue weighted by Gasteiger charge is 2.20. The summed E-state index contributed by atoms with van der Waals surface area (Å²) in [7, 11) is 0. The molecule has 1 aromatic carbocycles. The third-order valence-corrected chi connectivity index (χ3v) is 3.34. The van der Waals surface area contributed by atoms with Crippen LogP contribution >= 0.6 is 23.1 Å². The number of nitrogens with zero attached hydrogens (tertiary/aromatic N) is 1. The summed E-state index contributed by atoms with van der Waals surface area (Å²) in [6.45, 7) is 0. The quantitative estimate of drug-likeness (QED) is 0.879. The fourth-order valence-electron chi connectivity index (χ4n) is 1.38. The number of anilines is 1. The van der Waals surface area contributed by atoms with Crippen LogP contribution in [-0.2, 0) is 0 Å². The van der Waals surface area contributed by atoms with Crippen molar-refractivity contribution in [1.29, 1.82) is 0 Å². The molecule has 0 radical (unpaired) electrons. The van der Waals surface area contributed by atoms with Gasteiger partial charge in [-0.05, 0) is 23.7 Å². The normalized spacial score (nSPS) is 10.5. The highest BCUT2D eigenvalue weighted by molar-refractivity contribution is 7.09. The highest BCUT2D eigenvalue weighted by Crippen LogP contribution is 2.36. The summed E-state index contributed by atoms with van der Waals surface area (Å²) in [5.41, 5.74) is 11.1.